The molecule has 2 aromatic rings. The van der Waals surface area contributed by atoms with Gasteiger partial charge >= 0.3 is 5.69 Å². The molecule has 0 saturated heterocycles. The molecule has 0 saturated carbocycles. The maximum absolute atomic E-state index is 10.8. The van der Waals surface area contributed by atoms with Crippen molar-refractivity contribution in [3.63, 3.8) is 0 Å². The third kappa shape index (κ3) is 1.76. The van der Waals surface area contributed by atoms with Gasteiger partial charge in [-0.1, -0.05) is 23.8 Å². The summed E-state index contributed by atoms with van der Waals surface area (Å²) >= 11 is 0. The monoisotopic (exact) mass is 258 g/mol. The van der Waals surface area contributed by atoms with Crippen molar-refractivity contribution in [2.75, 3.05) is 5.73 Å². The molecule has 0 fully saturated rings. The predicted molar refractivity (Wildman–Crippen MR) is 70.9 cm³/mol. The van der Waals surface area contributed by atoms with Crippen LogP contribution in [0.4, 0.5) is 11.5 Å². The SMILES string of the molecule is Cc1ccc2c(c1)C(n1ncc([N+](=O)[O-])c1N)CC2. The molecule has 0 radical (unpaired) electrons. The van der Waals surface area contributed by atoms with Crippen molar-refractivity contribution in [3.8, 4) is 0 Å². The Morgan fingerprint density at radius 1 is 1.53 bits per heavy atom. The van der Waals surface area contributed by atoms with Gasteiger partial charge < -0.3 is 5.73 Å². The third-order valence-electron chi connectivity index (χ3n) is 3.65. The summed E-state index contributed by atoms with van der Waals surface area (Å²) in [5.74, 6) is 0.129. The summed E-state index contributed by atoms with van der Waals surface area (Å²) < 4.78 is 1.57. The lowest BCUT2D eigenvalue weighted by Gasteiger charge is -2.14. The number of nitrogen functional groups attached to an aromatic ring is 1. The Morgan fingerprint density at radius 3 is 3.00 bits per heavy atom. The lowest BCUT2D eigenvalue weighted by atomic mass is 10.1. The van der Waals surface area contributed by atoms with E-state index in [2.05, 4.69) is 23.3 Å². The van der Waals surface area contributed by atoms with Crippen LogP contribution in [-0.4, -0.2) is 14.7 Å². The van der Waals surface area contributed by atoms with Gasteiger partial charge in [-0.3, -0.25) is 10.1 Å². The van der Waals surface area contributed by atoms with Gasteiger partial charge in [0.05, 0.1) is 11.0 Å². The van der Waals surface area contributed by atoms with E-state index >= 15 is 0 Å². The number of hydrogen-bond acceptors (Lipinski definition) is 4. The average molecular weight is 258 g/mol. The van der Waals surface area contributed by atoms with Crippen molar-refractivity contribution in [1.82, 2.24) is 9.78 Å². The van der Waals surface area contributed by atoms with Crippen LogP contribution in [0.3, 0.4) is 0 Å². The summed E-state index contributed by atoms with van der Waals surface area (Å²) in [4.78, 5) is 10.3. The van der Waals surface area contributed by atoms with Gasteiger partial charge in [0.2, 0.25) is 5.82 Å². The number of rotatable bonds is 2. The lowest BCUT2D eigenvalue weighted by Crippen LogP contribution is -2.12. The molecule has 1 atom stereocenters. The van der Waals surface area contributed by atoms with Gasteiger partial charge in [-0.25, -0.2) is 4.68 Å². The van der Waals surface area contributed by atoms with Crippen LogP contribution < -0.4 is 5.73 Å². The zero-order chi connectivity index (χ0) is 13.6. The molecule has 1 aromatic carbocycles. The maximum Gasteiger partial charge on any atom is 0.330 e. The van der Waals surface area contributed by atoms with Crippen LogP contribution in [-0.2, 0) is 6.42 Å². The van der Waals surface area contributed by atoms with Gasteiger partial charge in [0.15, 0.2) is 0 Å². The van der Waals surface area contributed by atoms with Crippen molar-refractivity contribution in [2.45, 2.75) is 25.8 Å². The largest absolute Gasteiger partial charge is 0.378 e. The fourth-order valence-corrected chi connectivity index (χ4v) is 2.71. The van der Waals surface area contributed by atoms with Crippen LogP contribution in [0.15, 0.2) is 24.4 Å². The first-order valence-corrected chi connectivity index (χ1v) is 6.14. The second-order valence-electron chi connectivity index (χ2n) is 4.87. The first-order valence-electron chi connectivity index (χ1n) is 6.14. The number of nitro groups is 1. The van der Waals surface area contributed by atoms with Crippen molar-refractivity contribution < 1.29 is 4.92 Å². The Kier molecular flexibility index (Phi) is 2.51. The highest BCUT2D eigenvalue weighted by Crippen LogP contribution is 2.37. The fraction of sp³-hybridized carbons (Fsp3) is 0.308. The fourth-order valence-electron chi connectivity index (χ4n) is 2.71. The Morgan fingerprint density at radius 2 is 2.32 bits per heavy atom. The standard InChI is InChI=1S/C13H14N4O2/c1-8-2-3-9-4-5-11(10(9)6-8)16-13(14)12(7-15-16)17(18)19/h2-3,6-7,11H,4-5,14H2,1H3. The molecule has 6 nitrogen and oxygen atoms in total. The first kappa shape index (κ1) is 11.7. The zero-order valence-electron chi connectivity index (χ0n) is 10.5. The van der Waals surface area contributed by atoms with Crippen LogP contribution in [0.1, 0.15) is 29.2 Å². The molecule has 0 amide bonds. The molecule has 1 aliphatic rings. The van der Waals surface area contributed by atoms with E-state index in [0.29, 0.717) is 0 Å². The minimum atomic E-state index is -0.495. The third-order valence-corrected chi connectivity index (χ3v) is 3.65. The van der Waals surface area contributed by atoms with Crippen molar-refractivity contribution in [2.24, 2.45) is 0 Å². The van der Waals surface area contributed by atoms with E-state index in [-0.39, 0.29) is 17.5 Å². The zero-order valence-corrected chi connectivity index (χ0v) is 10.5. The number of aromatic nitrogens is 2. The second-order valence-corrected chi connectivity index (χ2v) is 4.87. The van der Waals surface area contributed by atoms with Gasteiger partial charge in [-0.15, -0.1) is 0 Å². The van der Waals surface area contributed by atoms with E-state index in [4.69, 9.17) is 5.73 Å². The maximum atomic E-state index is 10.8. The molecule has 19 heavy (non-hydrogen) atoms. The molecule has 2 N–H and O–H groups in total. The summed E-state index contributed by atoms with van der Waals surface area (Å²) in [5.41, 5.74) is 9.33. The topological polar surface area (TPSA) is 87.0 Å². The minimum Gasteiger partial charge on any atom is -0.378 e. The van der Waals surface area contributed by atoms with E-state index < -0.39 is 4.92 Å². The number of benzene rings is 1. The van der Waals surface area contributed by atoms with Crippen LogP contribution in [0.5, 0.6) is 0 Å². The number of fused-ring (bicyclic) bond motifs is 1. The number of anilines is 1. The Bertz CT molecular complexity index is 663. The number of nitrogens with zero attached hydrogens (tertiary/aromatic N) is 3. The minimum absolute atomic E-state index is 0.00333. The number of aryl methyl sites for hydroxylation is 2. The van der Waals surface area contributed by atoms with Gasteiger partial charge in [0, 0.05) is 0 Å². The molecule has 1 heterocycles. The number of hydrogen-bond donors (Lipinski definition) is 1. The van der Waals surface area contributed by atoms with Gasteiger partial charge in [0.1, 0.15) is 6.20 Å². The average Bonchev–Trinajstić information content (AvgIpc) is 2.92. The summed E-state index contributed by atoms with van der Waals surface area (Å²) in [6, 6.07) is 6.30. The van der Waals surface area contributed by atoms with Gasteiger partial charge in [0.25, 0.3) is 0 Å². The highest BCUT2D eigenvalue weighted by molar-refractivity contribution is 5.53. The highest BCUT2D eigenvalue weighted by atomic mass is 16.6. The van der Waals surface area contributed by atoms with Crippen molar-refractivity contribution in [1.29, 1.82) is 0 Å². The van der Waals surface area contributed by atoms with E-state index in [9.17, 15) is 10.1 Å². The molecule has 0 aliphatic heterocycles. The molecule has 6 heteroatoms. The van der Waals surface area contributed by atoms with Crippen LogP contribution in [0, 0.1) is 17.0 Å². The smallest absolute Gasteiger partial charge is 0.330 e. The summed E-state index contributed by atoms with van der Waals surface area (Å²) in [7, 11) is 0. The molecule has 1 aromatic heterocycles. The van der Waals surface area contributed by atoms with Crippen molar-refractivity contribution >= 4 is 11.5 Å². The molecule has 98 valence electrons. The van der Waals surface area contributed by atoms with E-state index in [0.717, 1.165) is 12.8 Å². The Hall–Kier alpha value is -2.37. The van der Waals surface area contributed by atoms with E-state index in [1.807, 2.05) is 6.92 Å². The highest BCUT2D eigenvalue weighted by Gasteiger charge is 2.29. The predicted octanol–water partition coefficient (Wildman–Crippen LogP) is 2.22. The van der Waals surface area contributed by atoms with E-state index in [1.165, 1.54) is 22.9 Å². The lowest BCUT2D eigenvalue weighted by molar-refractivity contribution is -0.384. The van der Waals surface area contributed by atoms with Crippen LogP contribution in [0.25, 0.3) is 0 Å². The normalized spacial score (nSPS) is 17.4. The molecule has 1 aliphatic carbocycles. The molecular weight excluding hydrogens is 244 g/mol. The van der Waals surface area contributed by atoms with Gasteiger partial charge in [-0.05, 0) is 30.9 Å². The van der Waals surface area contributed by atoms with Crippen LogP contribution >= 0.6 is 0 Å². The van der Waals surface area contributed by atoms with Crippen LogP contribution in [0.2, 0.25) is 0 Å². The molecule has 1 unspecified atom stereocenters. The Balaban J connectivity index is 2.07. The first-order chi connectivity index (χ1) is 9.08. The van der Waals surface area contributed by atoms with E-state index in [1.54, 1.807) is 4.68 Å². The molecule has 0 spiro atoms. The second kappa shape index (κ2) is 4.08. The summed E-state index contributed by atoms with van der Waals surface area (Å²) in [6.07, 6.45) is 3.05. The van der Waals surface area contributed by atoms with Crippen molar-refractivity contribution in [3.05, 3.63) is 51.2 Å². The molecule has 3 rings (SSSR count). The van der Waals surface area contributed by atoms with Gasteiger partial charge in [-0.2, -0.15) is 5.10 Å². The summed E-state index contributed by atoms with van der Waals surface area (Å²) in [6.45, 7) is 2.03. The molecular formula is C13H14N4O2. The Labute approximate surface area is 110 Å². The summed E-state index contributed by atoms with van der Waals surface area (Å²) in [5, 5.41) is 14.9. The molecule has 0 bridgehead atoms. The number of nitrogens with two attached hydrogens (primary N) is 1. The quantitative estimate of drug-likeness (QED) is 0.660.